The third kappa shape index (κ3) is 2.65. The average Bonchev–Trinajstić information content (AvgIpc) is 2.85. The fourth-order valence-electron chi connectivity index (χ4n) is 2.58. The van der Waals surface area contributed by atoms with Gasteiger partial charge in [0.2, 0.25) is 0 Å². The van der Waals surface area contributed by atoms with E-state index >= 15 is 0 Å². The quantitative estimate of drug-likeness (QED) is 0.761. The van der Waals surface area contributed by atoms with E-state index in [0.717, 1.165) is 33.5 Å². The van der Waals surface area contributed by atoms with Gasteiger partial charge in [-0.2, -0.15) is 0 Å². The van der Waals surface area contributed by atoms with E-state index in [4.69, 9.17) is 16.3 Å². The van der Waals surface area contributed by atoms with Crippen molar-refractivity contribution in [3.05, 3.63) is 53.1 Å². The van der Waals surface area contributed by atoms with Crippen LogP contribution in [-0.2, 0) is 11.2 Å². The Bertz CT molecular complexity index is 854. The van der Waals surface area contributed by atoms with Crippen LogP contribution in [0.2, 0.25) is 5.02 Å². The lowest BCUT2D eigenvalue weighted by Gasteiger charge is -2.05. The number of carboxylic acid groups (broad SMARTS) is 1. The number of nitrogens with one attached hydrogen (secondary N) is 1. The molecule has 0 saturated heterocycles. The molecular weight excluding hydrogens is 302 g/mol. The van der Waals surface area contributed by atoms with Gasteiger partial charge in [-0.25, -0.2) is 0 Å². The third-order valence-corrected chi connectivity index (χ3v) is 3.79. The summed E-state index contributed by atoms with van der Waals surface area (Å²) in [6, 6.07) is 12.9. The van der Waals surface area contributed by atoms with Crippen molar-refractivity contribution in [3.63, 3.8) is 0 Å². The van der Waals surface area contributed by atoms with Gasteiger partial charge in [-0.15, -0.1) is 0 Å². The lowest BCUT2D eigenvalue weighted by Crippen LogP contribution is -2.01. The van der Waals surface area contributed by atoms with E-state index < -0.39 is 5.97 Å². The van der Waals surface area contributed by atoms with E-state index in [1.165, 1.54) is 0 Å². The molecule has 3 aromatic rings. The molecule has 0 bridgehead atoms. The molecule has 0 radical (unpaired) electrons. The van der Waals surface area contributed by atoms with Crippen LogP contribution in [0.4, 0.5) is 0 Å². The second kappa shape index (κ2) is 5.73. The molecule has 2 aromatic carbocycles. The average molecular weight is 316 g/mol. The molecule has 0 saturated carbocycles. The molecule has 4 nitrogen and oxygen atoms in total. The number of aromatic amines is 1. The smallest absolute Gasteiger partial charge is 0.307 e. The van der Waals surface area contributed by atoms with Crippen molar-refractivity contribution in [2.75, 3.05) is 7.11 Å². The predicted octanol–water partition coefficient (Wildman–Crippen LogP) is 4.12. The first-order chi connectivity index (χ1) is 10.6. The van der Waals surface area contributed by atoms with Gasteiger partial charge in [0.25, 0.3) is 0 Å². The van der Waals surface area contributed by atoms with E-state index in [1.54, 1.807) is 19.2 Å². The molecule has 0 spiro atoms. The Morgan fingerprint density at radius 3 is 2.82 bits per heavy atom. The van der Waals surface area contributed by atoms with E-state index in [9.17, 15) is 9.90 Å². The molecule has 1 heterocycles. The van der Waals surface area contributed by atoms with Gasteiger partial charge >= 0.3 is 5.97 Å². The maximum absolute atomic E-state index is 11.2. The van der Waals surface area contributed by atoms with E-state index in [1.807, 2.05) is 30.3 Å². The summed E-state index contributed by atoms with van der Waals surface area (Å²) < 4.78 is 5.24. The number of carbonyl (C=O) groups is 1. The van der Waals surface area contributed by atoms with Gasteiger partial charge in [0, 0.05) is 21.5 Å². The maximum atomic E-state index is 11.2. The molecule has 2 N–H and O–H groups in total. The molecule has 3 rings (SSSR count). The van der Waals surface area contributed by atoms with Crippen molar-refractivity contribution < 1.29 is 14.6 Å². The Morgan fingerprint density at radius 1 is 1.27 bits per heavy atom. The van der Waals surface area contributed by atoms with Gasteiger partial charge < -0.3 is 14.8 Å². The molecule has 0 aliphatic carbocycles. The Kier molecular flexibility index (Phi) is 3.77. The Morgan fingerprint density at radius 2 is 2.09 bits per heavy atom. The predicted molar refractivity (Wildman–Crippen MR) is 86.6 cm³/mol. The van der Waals surface area contributed by atoms with Crippen molar-refractivity contribution >= 4 is 28.5 Å². The number of methoxy groups -OCH3 is 1. The minimum Gasteiger partial charge on any atom is -0.497 e. The van der Waals surface area contributed by atoms with Crippen molar-refractivity contribution in [2.45, 2.75) is 6.42 Å². The summed E-state index contributed by atoms with van der Waals surface area (Å²) in [5.74, 6) is -0.166. The fraction of sp³-hybridized carbons (Fsp3) is 0.118. The van der Waals surface area contributed by atoms with Gasteiger partial charge in [0.05, 0.1) is 19.2 Å². The summed E-state index contributed by atoms with van der Waals surface area (Å²) in [4.78, 5) is 14.5. The molecular formula is C17H14ClNO3. The molecule has 22 heavy (non-hydrogen) atoms. The second-order valence-electron chi connectivity index (χ2n) is 4.97. The number of hydrogen-bond acceptors (Lipinski definition) is 2. The minimum atomic E-state index is -0.884. The molecule has 0 unspecified atom stereocenters. The largest absolute Gasteiger partial charge is 0.497 e. The van der Waals surface area contributed by atoms with Gasteiger partial charge in [0.15, 0.2) is 0 Å². The number of rotatable bonds is 4. The summed E-state index contributed by atoms with van der Waals surface area (Å²) in [7, 11) is 1.60. The summed E-state index contributed by atoms with van der Waals surface area (Å²) >= 11 is 6.05. The van der Waals surface area contributed by atoms with Gasteiger partial charge in [0.1, 0.15) is 5.75 Å². The van der Waals surface area contributed by atoms with Crippen LogP contribution in [0.5, 0.6) is 5.75 Å². The Hall–Kier alpha value is -2.46. The normalized spacial score (nSPS) is 10.8. The summed E-state index contributed by atoms with van der Waals surface area (Å²) in [6.45, 7) is 0. The SMILES string of the molecule is COc1cccc(-c2[nH]c3ccc(Cl)cc3c2CC(=O)O)c1. The number of benzene rings is 2. The van der Waals surface area contributed by atoms with Crippen molar-refractivity contribution in [2.24, 2.45) is 0 Å². The summed E-state index contributed by atoms with van der Waals surface area (Å²) in [5.41, 5.74) is 3.23. The van der Waals surface area contributed by atoms with E-state index in [0.29, 0.717) is 5.02 Å². The van der Waals surface area contributed by atoms with Crippen LogP contribution in [0.15, 0.2) is 42.5 Å². The first-order valence-electron chi connectivity index (χ1n) is 6.75. The number of halogens is 1. The van der Waals surface area contributed by atoms with Crippen LogP contribution in [0.3, 0.4) is 0 Å². The highest BCUT2D eigenvalue weighted by Crippen LogP contribution is 2.33. The molecule has 0 aliphatic rings. The number of fused-ring (bicyclic) bond motifs is 1. The first-order valence-corrected chi connectivity index (χ1v) is 7.12. The first kappa shape index (κ1) is 14.5. The van der Waals surface area contributed by atoms with Crippen LogP contribution in [0.25, 0.3) is 22.2 Å². The zero-order valence-electron chi connectivity index (χ0n) is 11.9. The van der Waals surface area contributed by atoms with Crippen LogP contribution in [0.1, 0.15) is 5.56 Å². The molecule has 112 valence electrons. The molecule has 5 heteroatoms. The minimum absolute atomic E-state index is 0.0765. The number of H-pyrrole nitrogens is 1. The van der Waals surface area contributed by atoms with Crippen LogP contribution in [-0.4, -0.2) is 23.2 Å². The van der Waals surface area contributed by atoms with E-state index in [2.05, 4.69) is 4.98 Å². The highest BCUT2D eigenvalue weighted by molar-refractivity contribution is 6.31. The Balaban J connectivity index is 2.25. The highest BCUT2D eigenvalue weighted by atomic mass is 35.5. The van der Waals surface area contributed by atoms with Gasteiger partial charge in [-0.1, -0.05) is 23.7 Å². The molecule has 0 aliphatic heterocycles. The van der Waals surface area contributed by atoms with Crippen molar-refractivity contribution in [1.82, 2.24) is 4.98 Å². The lowest BCUT2D eigenvalue weighted by molar-refractivity contribution is -0.136. The summed E-state index contributed by atoms with van der Waals surface area (Å²) in [6.07, 6.45) is -0.0765. The molecule has 1 aromatic heterocycles. The van der Waals surface area contributed by atoms with Crippen LogP contribution in [0, 0.1) is 0 Å². The van der Waals surface area contributed by atoms with E-state index in [-0.39, 0.29) is 6.42 Å². The standard InChI is InChI=1S/C17H14ClNO3/c1-22-12-4-2-3-10(7-12)17-14(9-16(20)21)13-8-11(18)5-6-15(13)19-17/h2-8,19H,9H2,1H3,(H,20,21). The zero-order valence-corrected chi connectivity index (χ0v) is 12.6. The molecule has 0 amide bonds. The summed E-state index contributed by atoms with van der Waals surface area (Å²) in [5, 5.41) is 10.6. The number of hydrogen-bond donors (Lipinski definition) is 2. The number of carboxylic acids is 1. The van der Waals surface area contributed by atoms with Crippen LogP contribution < -0.4 is 4.74 Å². The number of aromatic nitrogens is 1. The van der Waals surface area contributed by atoms with Gasteiger partial charge in [-0.05, 0) is 35.9 Å². The highest BCUT2D eigenvalue weighted by Gasteiger charge is 2.16. The second-order valence-corrected chi connectivity index (χ2v) is 5.41. The zero-order chi connectivity index (χ0) is 15.7. The van der Waals surface area contributed by atoms with Gasteiger partial charge in [-0.3, -0.25) is 4.79 Å². The molecule has 0 fully saturated rings. The van der Waals surface area contributed by atoms with Crippen LogP contribution >= 0.6 is 11.6 Å². The Labute approximate surface area is 132 Å². The number of ether oxygens (including phenoxy) is 1. The van der Waals surface area contributed by atoms with Crippen molar-refractivity contribution in [3.8, 4) is 17.0 Å². The lowest BCUT2D eigenvalue weighted by atomic mass is 10.0. The maximum Gasteiger partial charge on any atom is 0.307 e. The van der Waals surface area contributed by atoms with Crippen molar-refractivity contribution in [1.29, 1.82) is 0 Å². The topological polar surface area (TPSA) is 62.3 Å². The molecule has 0 atom stereocenters. The fourth-order valence-corrected chi connectivity index (χ4v) is 2.75. The monoisotopic (exact) mass is 315 g/mol. The number of aliphatic carboxylic acids is 1. The third-order valence-electron chi connectivity index (χ3n) is 3.55.